The van der Waals surface area contributed by atoms with E-state index in [0.717, 1.165) is 0 Å². The van der Waals surface area contributed by atoms with Crippen molar-refractivity contribution in [3.63, 3.8) is 0 Å². The Balaban J connectivity index is 2.38. The van der Waals surface area contributed by atoms with Crippen LogP contribution in [-0.4, -0.2) is 18.5 Å². The number of rotatable bonds is 1. The highest BCUT2D eigenvalue weighted by atomic mass is 16.7. The highest BCUT2D eigenvalue weighted by Crippen LogP contribution is 2.23. The van der Waals surface area contributed by atoms with Crippen LogP contribution in [0, 0.1) is 11.3 Å². The Morgan fingerprint density at radius 2 is 2.40 bits per heavy atom. The van der Waals surface area contributed by atoms with E-state index in [1.807, 2.05) is 19.9 Å². The van der Waals surface area contributed by atoms with Crippen LogP contribution in [0.25, 0.3) is 0 Å². The molecule has 0 spiro atoms. The molecule has 3 nitrogen and oxygen atoms in total. The predicted octanol–water partition coefficient (Wildman–Crippen LogP) is 1.05. The standard InChI is InChI=1S/C7H11NO2/c1-7(2)9-5-6(10-7)3-4-8/h6H,3,5H2,1-2H3. The molecule has 0 amide bonds. The maximum atomic E-state index is 8.31. The van der Waals surface area contributed by atoms with Gasteiger partial charge in [0.1, 0.15) is 0 Å². The number of ether oxygens (including phenoxy) is 2. The Hall–Kier alpha value is -0.590. The molecule has 0 saturated carbocycles. The quantitative estimate of drug-likeness (QED) is 0.548. The van der Waals surface area contributed by atoms with Crippen LogP contribution in [-0.2, 0) is 9.47 Å². The van der Waals surface area contributed by atoms with Crippen molar-refractivity contribution < 1.29 is 9.47 Å². The first-order chi connectivity index (χ1) is 4.64. The molecule has 0 N–H and O–H groups in total. The fraction of sp³-hybridized carbons (Fsp3) is 0.857. The summed E-state index contributed by atoms with van der Waals surface area (Å²) >= 11 is 0. The Kier molecular flexibility index (Phi) is 1.93. The summed E-state index contributed by atoms with van der Waals surface area (Å²) in [7, 11) is 0. The van der Waals surface area contributed by atoms with Gasteiger partial charge >= 0.3 is 0 Å². The van der Waals surface area contributed by atoms with E-state index in [2.05, 4.69) is 0 Å². The van der Waals surface area contributed by atoms with Crippen LogP contribution in [0.4, 0.5) is 0 Å². The molecule has 0 aliphatic carbocycles. The minimum Gasteiger partial charge on any atom is -0.348 e. The van der Waals surface area contributed by atoms with Gasteiger partial charge in [0.25, 0.3) is 0 Å². The van der Waals surface area contributed by atoms with E-state index >= 15 is 0 Å². The summed E-state index contributed by atoms with van der Waals surface area (Å²) < 4.78 is 10.6. The van der Waals surface area contributed by atoms with E-state index in [1.165, 1.54) is 0 Å². The third kappa shape index (κ3) is 1.69. The topological polar surface area (TPSA) is 42.2 Å². The molecule has 1 aliphatic heterocycles. The van der Waals surface area contributed by atoms with Crippen molar-refractivity contribution >= 4 is 0 Å². The fourth-order valence-electron chi connectivity index (χ4n) is 0.965. The van der Waals surface area contributed by atoms with Gasteiger partial charge in [0.05, 0.1) is 25.2 Å². The number of nitrogens with zero attached hydrogens (tertiary/aromatic N) is 1. The minimum absolute atomic E-state index is 0.0278. The lowest BCUT2D eigenvalue weighted by Gasteiger charge is -2.15. The van der Waals surface area contributed by atoms with Gasteiger partial charge in [-0.2, -0.15) is 5.26 Å². The molecule has 0 bridgehead atoms. The zero-order chi connectivity index (χ0) is 7.61. The van der Waals surface area contributed by atoms with Crippen molar-refractivity contribution in [2.24, 2.45) is 0 Å². The maximum Gasteiger partial charge on any atom is 0.163 e. The van der Waals surface area contributed by atoms with Crippen molar-refractivity contribution in [1.29, 1.82) is 5.26 Å². The Morgan fingerprint density at radius 1 is 1.70 bits per heavy atom. The SMILES string of the molecule is CC1(C)OCC(CC#N)O1. The van der Waals surface area contributed by atoms with E-state index < -0.39 is 5.79 Å². The zero-order valence-electron chi connectivity index (χ0n) is 6.26. The van der Waals surface area contributed by atoms with Crippen LogP contribution in [0.2, 0.25) is 0 Å². The average molecular weight is 141 g/mol. The molecule has 3 heteroatoms. The molecule has 1 saturated heterocycles. The smallest absolute Gasteiger partial charge is 0.163 e. The van der Waals surface area contributed by atoms with Crippen LogP contribution in [0.15, 0.2) is 0 Å². The van der Waals surface area contributed by atoms with Gasteiger partial charge in [0.2, 0.25) is 0 Å². The maximum absolute atomic E-state index is 8.31. The first kappa shape index (κ1) is 7.52. The summed E-state index contributed by atoms with van der Waals surface area (Å²) in [5, 5.41) is 8.31. The molecular formula is C7H11NO2. The van der Waals surface area contributed by atoms with Gasteiger partial charge in [0, 0.05) is 0 Å². The summed E-state index contributed by atoms with van der Waals surface area (Å²) in [5.74, 6) is -0.485. The molecule has 1 aliphatic rings. The van der Waals surface area contributed by atoms with Gasteiger partial charge in [-0.1, -0.05) is 0 Å². The van der Waals surface area contributed by atoms with E-state index in [-0.39, 0.29) is 6.10 Å². The van der Waals surface area contributed by atoms with Gasteiger partial charge in [-0.3, -0.25) is 0 Å². The van der Waals surface area contributed by atoms with Crippen molar-refractivity contribution in [3.05, 3.63) is 0 Å². The van der Waals surface area contributed by atoms with Crippen LogP contribution in [0.5, 0.6) is 0 Å². The molecule has 1 rings (SSSR count). The average Bonchev–Trinajstić information content (AvgIpc) is 2.12. The highest BCUT2D eigenvalue weighted by molar-refractivity contribution is 4.80. The summed E-state index contributed by atoms with van der Waals surface area (Å²) in [4.78, 5) is 0. The summed E-state index contributed by atoms with van der Waals surface area (Å²) in [6.07, 6.45) is 0.392. The first-order valence-electron chi connectivity index (χ1n) is 3.33. The molecule has 0 aromatic carbocycles. The second-order valence-electron chi connectivity index (χ2n) is 2.81. The van der Waals surface area contributed by atoms with E-state index in [4.69, 9.17) is 14.7 Å². The number of hydrogen-bond donors (Lipinski definition) is 0. The van der Waals surface area contributed by atoms with E-state index in [0.29, 0.717) is 13.0 Å². The van der Waals surface area contributed by atoms with Crippen molar-refractivity contribution in [2.45, 2.75) is 32.2 Å². The number of nitriles is 1. The van der Waals surface area contributed by atoms with Crippen molar-refractivity contribution in [2.75, 3.05) is 6.61 Å². The predicted molar refractivity (Wildman–Crippen MR) is 35.1 cm³/mol. The third-order valence-corrected chi connectivity index (χ3v) is 1.39. The molecule has 1 heterocycles. The molecule has 0 aromatic rings. The van der Waals surface area contributed by atoms with Gasteiger partial charge < -0.3 is 9.47 Å². The number of hydrogen-bond acceptors (Lipinski definition) is 3. The monoisotopic (exact) mass is 141 g/mol. The van der Waals surface area contributed by atoms with Gasteiger partial charge in [-0.05, 0) is 13.8 Å². The van der Waals surface area contributed by atoms with Crippen LogP contribution in [0.1, 0.15) is 20.3 Å². The molecule has 10 heavy (non-hydrogen) atoms. The fourth-order valence-corrected chi connectivity index (χ4v) is 0.965. The normalized spacial score (nSPS) is 29.9. The van der Waals surface area contributed by atoms with Gasteiger partial charge in [-0.15, -0.1) is 0 Å². The zero-order valence-corrected chi connectivity index (χ0v) is 6.26. The molecule has 0 radical (unpaired) electrons. The molecule has 1 unspecified atom stereocenters. The summed E-state index contributed by atoms with van der Waals surface area (Å²) in [6.45, 7) is 4.25. The molecule has 1 atom stereocenters. The minimum atomic E-state index is -0.485. The van der Waals surface area contributed by atoms with Crippen LogP contribution in [0.3, 0.4) is 0 Å². The first-order valence-corrected chi connectivity index (χ1v) is 3.33. The van der Waals surface area contributed by atoms with Crippen molar-refractivity contribution in [1.82, 2.24) is 0 Å². The summed E-state index contributed by atoms with van der Waals surface area (Å²) in [5.41, 5.74) is 0. The van der Waals surface area contributed by atoms with Crippen LogP contribution < -0.4 is 0 Å². The van der Waals surface area contributed by atoms with Gasteiger partial charge in [0.15, 0.2) is 5.79 Å². The van der Waals surface area contributed by atoms with E-state index in [9.17, 15) is 0 Å². The molecule has 1 fully saturated rings. The lowest BCUT2D eigenvalue weighted by atomic mass is 10.3. The summed E-state index contributed by atoms with van der Waals surface area (Å²) in [6, 6.07) is 2.04. The second-order valence-corrected chi connectivity index (χ2v) is 2.81. The highest BCUT2D eigenvalue weighted by Gasteiger charge is 2.32. The largest absolute Gasteiger partial charge is 0.348 e. The molecule has 0 aromatic heterocycles. The molecule has 56 valence electrons. The lowest BCUT2D eigenvalue weighted by Crippen LogP contribution is -2.21. The van der Waals surface area contributed by atoms with Crippen molar-refractivity contribution in [3.8, 4) is 6.07 Å². The lowest BCUT2D eigenvalue weighted by molar-refractivity contribution is -0.137. The third-order valence-electron chi connectivity index (χ3n) is 1.39. The Morgan fingerprint density at radius 3 is 2.80 bits per heavy atom. The van der Waals surface area contributed by atoms with Gasteiger partial charge in [-0.25, -0.2) is 0 Å². The van der Waals surface area contributed by atoms with E-state index in [1.54, 1.807) is 0 Å². The van der Waals surface area contributed by atoms with Crippen LogP contribution >= 0.6 is 0 Å². The Bertz CT molecular complexity index is 159. The molecular weight excluding hydrogens is 130 g/mol. The Labute approximate surface area is 60.5 Å². The second kappa shape index (κ2) is 2.57.